The van der Waals surface area contributed by atoms with Gasteiger partial charge in [-0.15, -0.1) is 0 Å². The SMILES string of the molecule is CCOc1cc(/C=C(/C#N)c2nc3ccc(C)cc3[nH]2)cc(I)c1O. The number of imidazole rings is 1. The van der Waals surface area contributed by atoms with E-state index in [4.69, 9.17) is 4.74 Å². The maximum atomic E-state index is 10.0. The van der Waals surface area contributed by atoms with Crippen molar-refractivity contribution in [2.45, 2.75) is 13.8 Å². The molecule has 1 aromatic heterocycles. The summed E-state index contributed by atoms with van der Waals surface area (Å²) in [7, 11) is 0. The molecule has 3 rings (SSSR count). The van der Waals surface area contributed by atoms with E-state index in [1.807, 2.05) is 54.6 Å². The number of fused-ring (bicyclic) bond motifs is 1. The number of aromatic hydroxyl groups is 1. The van der Waals surface area contributed by atoms with Crippen LogP contribution in [0.15, 0.2) is 30.3 Å². The van der Waals surface area contributed by atoms with Crippen molar-refractivity contribution < 1.29 is 9.84 Å². The molecule has 0 saturated carbocycles. The van der Waals surface area contributed by atoms with Gasteiger partial charge in [-0.25, -0.2) is 4.98 Å². The zero-order valence-electron chi connectivity index (χ0n) is 13.8. The van der Waals surface area contributed by atoms with Crippen molar-refractivity contribution in [3.8, 4) is 17.6 Å². The summed E-state index contributed by atoms with van der Waals surface area (Å²) in [6.07, 6.45) is 1.73. The number of halogens is 1. The summed E-state index contributed by atoms with van der Waals surface area (Å²) in [5.74, 6) is 1.03. The molecule has 2 aromatic carbocycles. The van der Waals surface area contributed by atoms with Gasteiger partial charge in [0.25, 0.3) is 0 Å². The van der Waals surface area contributed by atoms with Crippen molar-refractivity contribution in [1.82, 2.24) is 9.97 Å². The van der Waals surface area contributed by atoms with Gasteiger partial charge in [-0.05, 0) is 77.9 Å². The molecule has 0 unspecified atom stereocenters. The predicted molar refractivity (Wildman–Crippen MR) is 106 cm³/mol. The van der Waals surface area contributed by atoms with Crippen LogP contribution in [0.2, 0.25) is 0 Å². The van der Waals surface area contributed by atoms with E-state index in [-0.39, 0.29) is 5.75 Å². The number of H-pyrrole nitrogens is 1. The second-order valence-electron chi connectivity index (χ2n) is 5.56. The van der Waals surface area contributed by atoms with Crippen LogP contribution >= 0.6 is 22.6 Å². The maximum absolute atomic E-state index is 10.0. The van der Waals surface area contributed by atoms with Crippen LogP contribution in [0.3, 0.4) is 0 Å². The van der Waals surface area contributed by atoms with Crippen LogP contribution in [0.25, 0.3) is 22.7 Å². The zero-order chi connectivity index (χ0) is 18.0. The molecule has 0 fully saturated rings. The maximum Gasteiger partial charge on any atom is 0.171 e. The highest BCUT2D eigenvalue weighted by Crippen LogP contribution is 2.34. The Hall–Kier alpha value is -2.53. The first-order valence-electron chi connectivity index (χ1n) is 7.75. The number of hydrogen-bond donors (Lipinski definition) is 2. The van der Waals surface area contributed by atoms with E-state index in [0.29, 0.717) is 27.3 Å². The van der Waals surface area contributed by atoms with E-state index in [9.17, 15) is 10.4 Å². The van der Waals surface area contributed by atoms with Crippen LogP contribution in [-0.4, -0.2) is 21.7 Å². The minimum absolute atomic E-state index is 0.109. The van der Waals surface area contributed by atoms with Gasteiger partial charge in [0, 0.05) is 0 Å². The Bertz CT molecular complexity index is 1020. The van der Waals surface area contributed by atoms with E-state index < -0.39 is 0 Å². The summed E-state index contributed by atoms with van der Waals surface area (Å²) >= 11 is 2.04. The van der Waals surface area contributed by atoms with E-state index in [1.54, 1.807) is 18.2 Å². The van der Waals surface area contributed by atoms with E-state index in [2.05, 4.69) is 16.0 Å². The molecule has 0 amide bonds. The lowest BCUT2D eigenvalue weighted by Crippen LogP contribution is -1.94. The van der Waals surface area contributed by atoms with E-state index in [1.165, 1.54) is 0 Å². The number of aromatic amines is 1. The lowest BCUT2D eigenvalue weighted by molar-refractivity contribution is 0.317. The van der Waals surface area contributed by atoms with Crippen LogP contribution < -0.4 is 4.74 Å². The first-order chi connectivity index (χ1) is 12.0. The molecule has 0 radical (unpaired) electrons. The number of allylic oxidation sites excluding steroid dienone is 1. The van der Waals surface area contributed by atoms with Gasteiger partial charge in [0.1, 0.15) is 11.9 Å². The third-order valence-electron chi connectivity index (χ3n) is 3.67. The molecular formula is C19H16IN3O2. The smallest absolute Gasteiger partial charge is 0.171 e. The molecule has 0 atom stereocenters. The topological polar surface area (TPSA) is 81.9 Å². The number of phenols is 1. The summed E-state index contributed by atoms with van der Waals surface area (Å²) in [6.45, 7) is 4.31. The third-order valence-corrected chi connectivity index (χ3v) is 4.50. The van der Waals surface area contributed by atoms with Gasteiger partial charge < -0.3 is 14.8 Å². The fourth-order valence-electron chi connectivity index (χ4n) is 2.51. The zero-order valence-corrected chi connectivity index (χ0v) is 16.0. The van der Waals surface area contributed by atoms with Crippen molar-refractivity contribution >= 4 is 45.3 Å². The van der Waals surface area contributed by atoms with Crippen molar-refractivity contribution in [3.63, 3.8) is 0 Å². The second kappa shape index (κ2) is 7.15. The largest absolute Gasteiger partial charge is 0.504 e. The molecule has 5 nitrogen and oxygen atoms in total. The number of rotatable bonds is 4. The Morgan fingerprint density at radius 3 is 2.92 bits per heavy atom. The first kappa shape index (κ1) is 17.3. The minimum atomic E-state index is 0.109. The van der Waals surface area contributed by atoms with Crippen LogP contribution in [0.5, 0.6) is 11.5 Å². The quantitative estimate of drug-likeness (QED) is 0.453. The standard InChI is InChI=1S/C19H16IN3O2/c1-3-25-17-9-12(8-14(20)18(17)24)7-13(10-21)19-22-15-5-4-11(2)6-16(15)23-19/h4-9,24H,3H2,1-2H3,(H,22,23)/b13-7-. The van der Waals surface area contributed by atoms with Gasteiger partial charge in [0.2, 0.25) is 0 Å². The number of phenolic OH excluding ortho intramolecular Hbond substituents is 1. The molecule has 0 bridgehead atoms. The highest BCUT2D eigenvalue weighted by Gasteiger charge is 2.11. The first-order valence-corrected chi connectivity index (χ1v) is 8.83. The average Bonchev–Trinajstić information content (AvgIpc) is 3.00. The molecule has 25 heavy (non-hydrogen) atoms. The van der Waals surface area contributed by atoms with Crippen molar-refractivity contribution in [3.05, 3.63) is 50.9 Å². The lowest BCUT2D eigenvalue weighted by atomic mass is 10.1. The summed E-state index contributed by atoms with van der Waals surface area (Å²) in [5, 5.41) is 19.6. The number of benzene rings is 2. The van der Waals surface area contributed by atoms with Gasteiger partial charge in [0.15, 0.2) is 11.5 Å². The van der Waals surface area contributed by atoms with E-state index >= 15 is 0 Å². The summed E-state index contributed by atoms with van der Waals surface area (Å²) < 4.78 is 6.11. The number of aryl methyl sites for hydroxylation is 1. The van der Waals surface area contributed by atoms with Crippen LogP contribution in [0, 0.1) is 21.8 Å². The lowest BCUT2D eigenvalue weighted by Gasteiger charge is -2.08. The monoisotopic (exact) mass is 445 g/mol. The number of ether oxygens (including phenoxy) is 1. The molecule has 2 N–H and O–H groups in total. The number of nitrogens with one attached hydrogen (secondary N) is 1. The van der Waals surface area contributed by atoms with E-state index in [0.717, 1.165) is 22.2 Å². The van der Waals surface area contributed by atoms with Gasteiger partial charge in [-0.3, -0.25) is 0 Å². The molecule has 0 aliphatic rings. The molecule has 0 aliphatic carbocycles. The molecule has 0 spiro atoms. The number of nitrogens with zero attached hydrogens (tertiary/aromatic N) is 2. The summed E-state index contributed by atoms with van der Waals surface area (Å²) in [6, 6.07) is 11.6. The van der Waals surface area contributed by atoms with Crippen LogP contribution in [0.1, 0.15) is 23.9 Å². The Morgan fingerprint density at radius 1 is 1.40 bits per heavy atom. The molecule has 1 heterocycles. The predicted octanol–water partition coefficient (Wildman–Crippen LogP) is 4.64. The fourth-order valence-corrected chi connectivity index (χ4v) is 3.14. The number of hydrogen-bond acceptors (Lipinski definition) is 4. The number of nitriles is 1. The van der Waals surface area contributed by atoms with Gasteiger partial charge in [-0.1, -0.05) is 6.07 Å². The molecule has 0 aliphatic heterocycles. The van der Waals surface area contributed by atoms with Gasteiger partial charge in [0.05, 0.1) is 26.8 Å². The van der Waals surface area contributed by atoms with Gasteiger partial charge >= 0.3 is 0 Å². The molecule has 0 saturated heterocycles. The van der Waals surface area contributed by atoms with Gasteiger partial charge in [-0.2, -0.15) is 5.26 Å². The molecule has 6 heteroatoms. The normalized spacial score (nSPS) is 11.5. The summed E-state index contributed by atoms with van der Waals surface area (Å²) in [5.41, 5.74) is 4.01. The highest BCUT2D eigenvalue weighted by atomic mass is 127. The van der Waals surface area contributed by atoms with Crippen molar-refractivity contribution in [2.24, 2.45) is 0 Å². The second-order valence-corrected chi connectivity index (χ2v) is 6.72. The highest BCUT2D eigenvalue weighted by molar-refractivity contribution is 14.1. The minimum Gasteiger partial charge on any atom is -0.504 e. The van der Waals surface area contributed by atoms with Crippen LogP contribution in [0.4, 0.5) is 0 Å². The Labute approximate surface area is 159 Å². The fraction of sp³-hybridized carbons (Fsp3) is 0.158. The van der Waals surface area contributed by atoms with Crippen molar-refractivity contribution in [2.75, 3.05) is 6.61 Å². The molecular weight excluding hydrogens is 429 g/mol. The Morgan fingerprint density at radius 2 is 2.20 bits per heavy atom. The Kier molecular flexibility index (Phi) is 4.95. The van der Waals surface area contributed by atoms with Crippen molar-refractivity contribution in [1.29, 1.82) is 5.26 Å². The van der Waals surface area contributed by atoms with Crippen LogP contribution in [-0.2, 0) is 0 Å². The third kappa shape index (κ3) is 3.61. The average molecular weight is 445 g/mol. The summed E-state index contributed by atoms with van der Waals surface area (Å²) in [4.78, 5) is 7.68. The Balaban J connectivity index is 2.06. The molecule has 3 aromatic rings. The molecule has 126 valence electrons. The number of aromatic nitrogens is 2.